The Bertz CT molecular complexity index is 1030. The maximum atomic E-state index is 13.6. The first-order valence-corrected chi connectivity index (χ1v) is 12.6. The van der Waals surface area contributed by atoms with Gasteiger partial charge < -0.3 is 25.4 Å². The highest BCUT2D eigenvalue weighted by atomic mass is 16.5. The van der Waals surface area contributed by atoms with E-state index in [1.807, 2.05) is 35.4 Å². The molecule has 0 unspecified atom stereocenters. The van der Waals surface area contributed by atoms with E-state index in [0.29, 0.717) is 65.0 Å². The average Bonchev–Trinajstić information content (AvgIpc) is 3.51. The molecule has 10 heteroatoms. The van der Waals surface area contributed by atoms with Gasteiger partial charge in [-0.15, -0.1) is 5.10 Å². The number of hydrogen-bond donors (Lipinski definition) is 3. The van der Waals surface area contributed by atoms with Crippen LogP contribution in [-0.4, -0.2) is 81.7 Å². The van der Waals surface area contributed by atoms with E-state index >= 15 is 0 Å². The number of aliphatic hydroxyl groups is 1. The minimum absolute atomic E-state index is 0.0118. The van der Waals surface area contributed by atoms with Crippen molar-refractivity contribution in [3.63, 3.8) is 0 Å². The molecule has 4 aliphatic rings. The third kappa shape index (κ3) is 5.48. The summed E-state index contributed by atoms with van der Waals surface area (Å²) in [5, 5.41) is 24.6. The normalized spacial score (nSPS) is 25.2. The highest BCUT2D eigenvalue weighted by Gasteiger charge is 2.44. The van der Waals surface area contributed by atoms with E-state index in [1.54, 1.807) is 4.68 Å². The standard InChI is InChI=1S/C25H34N6O4/c32-20-14-22(27-16-20)23(33)30-11-7-25(8-12-30)15-19-17-31(29-28-19)10-1-13-35-21-4-2-18(3-5-21)6-9-26-24(25)34/h2-5,17,20,22,27,32H,1,6-16H2,(H,26,34)/t20-,22+/m1/s1. The molecule has 0 aliphatic carbocycles. The number of carbonyl (C=O) groups excluding carboxylic acids is 2. The second-order valence-corrected chi connectivity index (χ2v) is 9.96. The molecule has 0 saturated carbocycles. The van der Waals surface area contributed by atoms with E-state index < -0.39 is 11.5 Å². The third-order valence-electron chi connectivity index (χ3n) is 7.45. The monoisotopic (exact) mass is 482 g/mol. The first kappa shape index (κ1) is 23.7. The van der Waals surface area contributed by atoms with Gasteiger partial charge in [0.15, 0.2) is 0 Å². The molecule has 35 heavy (non-hydrogen) atoms. The Morgan fingerprint density at radius 2 is 1.97 bits per heavy atom. The molecular formula is C25H34N6O4. The van der Waals surface area contributed by atoms with Crippen LogP contribution in [-0.2, 0) is 29.0 Å². The van der Waals surface area contributed by atoms with Crippen LogP contribution in [0, 0.1) is 5.41 Å². The zero-order valence-corrected chi connectivity index (χ0v) is 20.0. The van der Waals surface area contributed by atoms with E-state index in [0.717, 1.165) is 29.8 Å². The number of fused-ring (bicyclic) bond motifs is 8. The Morgan fingerprint density at radius 1 is 1.17 bits per heavy atom. The molecule has 2 aromatic rings. The Balaban J connectivity index is 1.31. The summed E-state index contributed by atoms with van der Waals surface area (Å²) in [6.07, 6.45) is 5.04. The highest BCUT2D eigenvalue weighted by Crippen LogP contribution is 2.36. The molecule has 5 heterocycles. The van der Waals surface area contributed by atoms with Gasteiger partial charge in [0.2, 0.25) is 11.8 Å². The largest absolute Gasteiger partial charge is 0.494 e. The van der Waals surface area contributed by atoms with Gasteiger partial charge in [0, 0.05) is 51.8 Å². The maximum absolute atomic E-state index is 13.6. The number of β-amino-alcohol motifs (C(OH)–C–C–N with tert-alkyl or cyclic N) is 1. The lowest BCUT2D eigenvalue weighted by Gasteiger charge is -2.41. The number of nitrogens with one attached hydrogen (secondary N) is 2. The molecule has 1 aromatic heterocycles. The van der Waals surface area contributed by atoms with Gasteiger partial charge in [0.1, 0.15) is 5.75 Å². The lowest BCUT2D eigenvalue weighted by Crippen LogP contribution is -2.54. The SMILES string of the molecule is O=C([C@@H]1C[C@@H](O)CN1)N1CCC2(CC1)Cc1cn(nn1)CCCOc1ccc(cc1)CCNC2=O. The Morgan fingerprint density at radius 3 is 2.71 bits per heavy atom. The zero-order valence-electron chi connectivity index (χ0n) is 20.0. The number of likely N-dealkylation sites (tertiary alicyclic amines) is 1. The predicted molar refractivity (Wildman–Crippen MR) is 128 cm³/mol. The van der Waals surface area contributed by atoms with Crippen LogP contribution in [0.1, 0.15) is 36.9 Å². The van der Waals surface area contributed by atoms with E-state index in [4.69, 9.17) is 4.74 Å². The van der Waals surface area contributed by atoms with Gasteiger partial charge in [-0.25, -0.2) is 0 Å². The second-order valence-electron chi connectivity index (χ2n) is 9.96. The number of ether oxygens (including phenoxy) is 1. The third-order valence-corrected chi connectivity index (χ3v) is 7.45. The summed E-state index contributed by atoms with van der Waals surface area (Å²) in [6, 6.07) is 7.67. The van der Waals surface area contributed by atoms with Crippen LogP contribution in [0.25, 0.3) is 0 Å². The quantitative estimate of drug-likeness (QED) is 0.534. The number of piperidine rings is 1. The average molecular weight is 483 g/mol. The van der Waals surface area contributed by atoms with Crippen molar-refractivity contribution >= 4 is 11.8 Å². The fourth-order valence-corrected chi connectivity index (χ4v) is 5.32. The number of aliphatic hydroxyl groups excluding tert-OH is 1. The molecule has 1 aromatic carbocycles. The number of benzene rings is 1. The van der Waals surface area contributed by atoms with Crippen molar-refractivity contribution in [1.82, 2.24) is 30.5 Å². The van der Waals surface area contributed by atoms with Crippen LogP contribution in [0.15, 0.2) is 30.5 Å². The topological polar surface area (TPSA) is 122 Å². The molecule has 2 saturated heterocycles. The lowest BCUT2D eigenvalue weighted by molar-refractivity contribution is -0.141. The fourth-order valence-electron chi connectivity index (χ4n) is 5.32. The fraction of sp³-hybridized carbons (Fsp3) is 0.600. The molecule has 0 radical (unpaired) electrons. The van der Waals surface area contributed by atoms with Crippen LogP contribution >= 0.6 is 0 Å². The van der Waals surface area contributed by atoms with Gasteiger partial charge in [0.25, 0.3) is 0 Å². The number of nitrogens with zero attached hydrogens (tertiary/aromatic N) is 4. The number of hydrogen-bond acceptors (Lipinski definition) is 7. The Kier molecular flexibility index (Phi) is 7.01. The van der Waals surface area contributed by atoms with Crippen LogP contribution in [0.2, 0.25) is 0 Å². The zero-order chi connectivity index (χ0) is 24.3. The second kappa shape index (κ2) is 10.3. The van der Waals surface area contributed by atoms with Crippen molar-refractivity contribution in [1.29, 1.82) is 0 Å². The van der Waals surface area contributed by atoms with Gasteiger partial charge >= 0.3 is 0 Å². The van der Waals surface area contributed by atoms with Gasteiger partial charge in [-0.3, -0.25) is 14.3 Å². The molecule has 2 fully saturated rings. The molecule has 188 valence electrons. The smallest absolute Gasteiger partial charge is 0.239 e. The Labute approximate surface area is 205 Å². The number of aryl methyl sites for hydroxylation is 1. The van der Waals surface area contributed by atoms with Crippen molar-refractivity contribution in [3.05, 3.63) is 41.7 Å². The van der Waals surface area contributed by atoms with Crippen molar-refractivity contribution in [2.75, 3.05) is 32.8 Å². The summed E-state index contributed by atoms with van der Waals surface area (Å²) in [5.41, 5.74) is 1.29. The van der Waals surface area contributed by atoms with Crippen molar-refractivity contribution in [2.45, 2.75) is 57.2 Å². The number of aromatic nitrogens is 3. The van der Waals surface area contributed by atoms with Gasteiger partial charge in [-0.1, -0.05) is 17.3 Å². The van der Waals surface area contributed by atoms with Crippen LogP contribution < -0.4 is 15.4 Å². The first-order chi connectivity index (χ1) is 17.0. The van der Waals surface area contributed by atoms with Crippen molar-refractivity contribution < 1.29 is 19.4 Å². The summed E-state index contributed by atoms with van der Waals surface area (Å²) >= 11 is 0. The summed E-state index contributed by atoms with van der Waals surface area (Å²) in [7, 11) is 0. The minimum Gasteiger partial charge on any atom is -0.494 e. The number of carbonyl (C=O) groups is 2. The predicted octanol–water partition coefficient (Wildman–Crippen LogP) is 0.294. The lowest BCUT2D eigenvalue weighted by atomic mass is 9.73. The molecule has 2 atom stereocenters. The van der Waals surface area contributed by atoms with Crippen LogP contribution in [0.5, 0.6) is 5.75 Å². The summed E-state index contributed by atoms with van der Waals surface area (Å²) in [6.45, 7) is 3.28. The van der Waals surface area contributed by atoms with Crippen LogP contribution in [0.3, 0.4) is 0 Å². The summed E-state index contributed by atoms with van der Waals surface area (Å²) in [5.74, 6) is 0.861. The molecular weight excluding hydrogens is 448 g/mol. The molecule has 6 rings (SSSR count). The van der Waals surface area contributed by atoms with E-state index in [9.17, 15) is 14.7 Å². The van der Waals surface area contributed by atoms with Crippen molar-refractivity contribution in [3.8, 4) is 5.75 Å². The molecule has 3 N–H and O–H groups in total. The molecule has 10 nitrogen and oxygen atoms in total. The van der Waals surface area contributed by atoms with Gasteiger partial charge in [-0.2, -0.15) is 0 Å². The van der Waals surface area contributed by atoms with Gasteiger partial charge in [0.05, 0.1) is 29.9 Å². The maximum Gasteiger partial charge on any atom is 0.239 e. The minimum atomic E-state index is -0.638. The van der Waals surface area contributed by atoms with Crippen LogP contribution in [0.4, 0.5) is 0 Å². The summed E-state index contributed by atoms with van der Waals surface area (Å²) < 4.78 is 7.64. The Hall–Kier alpha value is -2.98. The molecule has 4 aliphatic heterocycles. The molecule has 1 spiro atoms. The van der Waals surface area contributed by atoms with E-state index in [1.165, 1.54) is 0 Å². The van der Waals surface area contributed by atoms with Gasteiger partial charge in [-0.05, 0) is 43.4 Å². The summed E-state index contributed by atoms with van der Waals surface area (Å²) in [4.78, 5) is 28.3. The highest BCUT2D eigenvalue weighted by molar-refractivity contribution is 5.85. The first-order valence-electron chi connectivity index (χ1n) is 12.6. The molecule has 2 amide bonds. The molecule has 4 bridgehead atoms. The number of rotatable bonds is 1. The van der Waals surface area contributed by atoms with Crippen molar-refractivity contribution in [2.24, 2.45) is 5.41 Å². The van der Waals surface area contributed by atoms with E-state index in [-0.39, 0.29) is 17.9 Å². The van der Waals surface area contributed by atoms with E-state index in [2.05, 4.69) is 20.9 Å². The number of amides is 2.